The van der Waals surface area contributed by atoms with E-state index in [1.807, 2.05) is 0 Å². The van der Waals surface area contributed by atoms with Gasteiger partial charge in [-0.05, 0) is 0 Å². The summed E-state index contributed by atoms with van der Waals surface area (Å²) in [5, 5.41) is 16.0. The van der Waals surface area contributed by atoms with Crippen LogP contribution in [-0.2, 0) is 18.3 Å². The third-order valence-electron chi connectivity index (χ3n) is 0.471. The van der Waals surface area contributed by atoms with Crippen LogP contribution in [0.3, 0.4) is 0 Å². The second kappa shape index (κ2) is 3.84. The Hall–Kier alpha value is -0.395. The molecule has 3 N–H and O–H groups in total. The van der Waals surface area contributed by atoms with E-state index in [2.05, 4.69) is 8.96 Å². The van der Waals surface area contributed by atoms with Gasteiger partial charge in [-0.25, -0.2) is 4.57 Å². The van der Waals surface area contributed by atoms with Crippen LogP contribution in [0.2, 0.25) is 0 Å². The lowest BCUT2D eigenvalue weighted by Crippen LogP contribution is -2.16. The fourth-order valence-corrected chi connectivity index (χ4v) is 0.909. The molecule has 0 bridgehead atoms. The molecule has 0 aromatic carbocycles. The molecule has 64 valence electrons. The van der Waals surface area contributed by atoms with Crippen molar-refractivity contribution in [3.8, 4) is 0 Å². The predicted octanol–water partition coefficient (Wildman–Crippen LogP) is -1.36. The molecule has 0 saturated carbocycles. The number of phosphoric ester groups is 1. The summed E-state index contributed by atoms with van der Waals surface area (Å²) in [5.74, 6) is -1.06. The summed E-state index contributed by atoms with van der Waals surface area (Å²) in [4.78, 5) is 18.5. The van der Waals surface area contributed by atoms with Gasteiger partial charge in [0.25, 0.3) is 0 Å². The number of phosphoric acid groups is 1. The van der Waals surface area contributed by atoms with Crippen LogP contribution in [-0.4, -0.2) is 28.2 Å². The second-order valence-corrected chi connectivity index (χ2v) is 2.81. The van der Waals surface area contributed by atoms with Crippen molar-refractivity contribution in [1.29, 1.82) is 0 Å². The van der Waals surface area contributed by atoms with Crippen LogP contribution < -0.4 is 0 Å². The van der Waals surface area contributed by atoms with E-state index < -0.39 is 21.1 Å². The van der Waals surface area contributed by atoms with Crippen LogP contribution in [0, 0.1) is 0 Å². The lowest BCUT2D eigenvalue weighted by Gasteiger charge is -2.08. The molecule has 0 radical (unpaired) electrons. The van der Waals surface area contributed by atoms with Crippen molar-refractivity contribution in [2.45, 2.75) is 6.92 Å². The first-order valence-electron chi connectivity index (χ1n) is 2.41. The fraction of sp³-hybridized carbons (Fsp3) is 0.500. The first-order valence-corrected chi connectivity index (χ1v) is 3.90. The molecule has 0 amide bonds. The third kappa shape index (κ3) is 6.02. The average molecular weight is 184 g/mol. The van der Waals surface area contributed by atoms with E-state index in [4.69, 9.17) is 14.9 Å². The summed E-state index contributed by atoms with van der Waals surface area (Å²) in [6.45, 7) is 0.871. The highest BCUT2D eigenvalue weighted by Crippen LogP contribution is 2.43. The Balaban J connectivity index is 4.01. The Labute approximate surface area is 62.4 Å². The van der Waals surface area contributed by atoms with Crippen molar-refractivity contribution in [1.82, 2.24) is 0 Å². The van der Waals surface area contributed by atoms with Gasteiger partial charge in [0.1, 0.15) is 0 Å². The standard InChI is InChI=1S/C2H6BO7P/c1-2(4)9-11(7,8)10-3(5)6/h5-6H,1H3,(H,7,8). The van der Waals surface area contributed by atoms with Gasteiger partial charge in [0, 0.05) is 6.92 Å². The summed E-state index contributed by atoms with van der Waals surface area (Å²) >= 11 is 0. The topological polar surface area (TPSA) is 113 Å². The molecule has 0 aliphatic heterocycles. The maximum atomic E-state index is 10.4. The van der Waals surface area contributed by atoms with Crippen LogP contribution in [0.25, 0.3) is 0 Å². The minimum atomic E-state index is -4.65. The van der Waals surface area contributed by atoms with Gasteiger partial charge in [-0.1, -0.05) is 0 Å². The highest BCUT2D eigenvalue weighted by molar-refractivity contribution is 7.49. The third-order valence-corrected chi connectivity index (χ3v) is 1.41. The van der Waals surface area contributed by atoms with Crippen LogP contribution in [0.4, 0.5) is 0 Å². The lowest BCUT2D eigenvalue weighted by molar-refractivity contribution is -0.133. The van der Waals surface area contributed by atoms with Crippen LogP contribution >= 0.6 is 7.82 Å². The lowest BCUT2D eigenvalue weighted by atomic mass is 10.3. The predicted molar refractivity (Wildman–Crippen MR) is 32.9 cm³/mol. The molecule has 0 spiro atoms. The average Bonchev–Trinajstić information content (AvgIpc) is 1.53. The molecular weight excluding hydrogens is 178 g/mol. The Morgan fingerprint density at radius 3 is 2.27 bits per heavy atom. The first kappa shape index (κ1) is 10.6. The Morgan fingerprint density at radius 1 is 1.55 bits per heavy atom. The fourth-order valence-electron chi connectivity index (χ4n) is 0.303. The highest BCUT2D eigenvalue weighted by Gasteiger charge is 2.30. The zero-order chi connectivity index (χ0) is 9.07. The molecule has 11 heavy (non-hydrogen) atoms. The van der Waals surface area contributed by atoms with E-state index in [1.165, 1.54) is 0 Å². The Bertz CT molecular complexity index is 189. The first-order chi connectivity index (χ1) is 4.83. The van der Waals surface area contributed by atoms with Gasteiger partial charge in [-0.15, -0.1) is 0 Å². The van der Waals surface area contributed by atoms with Gasteiger partial charge in [0.2, 0.25) is 0 Å². The molecule has 1 atom stereocenters. The summed E-state index contributed by atoms with van der Waals surface area (Å²) in [6.07, 6.45) is 0. The van der Waals surface area contributed by atoms with E-state index in [-0.39, 0.29) is 0 Å². The maximum Gasteiger partial charge on any atom is 0.643 e. The molecule has 0 fully saturated rings. The van der Waals surface area contributed by atoms with E-state index in [1.54, 1.807) is 0 Å². The minimum absolute atomic E-state index is 0.871. The highest BCUT2D eigenvalue weighted by atomic mass is 31.2. The maximum absolute atomic E-state index is 10.4. The second-order valence-electron chi connectivity index (χ2n) is 1.48. The molecule has 7 nitrogen and oxygen atoms in total. The smallest absolute Gasteiger partial charge is 0.401 e. The van der Waals surface area contributed by atoms with Gasteiger partial charge < -0.3 is 14.6 Å². The quantitative estimate of drug-likeness (QED) is 0.366. The van der Waals surface area contributed by atoms with Gasteiger partial charge in [-0.3, -0.25) is 14.1 Å². The molecule has 0 aliphatic carbocycles. The number of rotatable bonds is 3. The van der Waals surface area contributed by atoms with Crippen molar-refractivity contribution < 1.29 is 33.3 Å². The van der Waals surface area contributed by atoms with Gasteiger partial charge in [0.15, 0.2) is 0 Å². The minimum Gasteiger partial charge on any atom is -0.401 e. The van der Waals surface area contributed by atoms with Gasteiger partial charge in [0.05, 0.1) is 0 Å². The zero-order valence-electron chi connectivity index (χ0n) is 5.50. The Kier molecular flexibility index (Phi) is 3.70. The molecule has 0 aromatic heterocycles. The molecule has 0 saturated heterocycles. The van der Waals surface area contributed by atoms with E-state index in [9.17, 15) is 9.36 Å². The van der Waals surface area contributed by atoms with Crippen molar-refractivity contribution >= 4 is 21.1 Å². The van der Waals surface area contributed by atoms with Crippen molar-refractivity contribution in [2.24, 2.45) is 0 Å². The van der Waals surface area contributed by atoms with Crippen molar-refractivity contribution in [3.05, 3.63) is 0 Å². The van der Waals surface area contributed by atoms with Crippen LogP contribution in [0.15, 0.2) is 0 Å². The molecule has 0 aromatic rings. The summed E-state index contributed by atoms with van der Waals surface area (Å²) in [7, 11) is -7.11. The monoisotopic (exact) mass is 184 g/mol. The van der Waals surface area contributed by atoms with Crippen LogP contribution in [0.1, 0.15) is 6.92 Å². The van der Waals surface area contributed by atoms with E-state index in [0.717, 1.165) is 6.92 Å². The number of carbonyl (C=O) groups is 1. The largest absolute Gasteiger partial charge is 0.643 e. The normalized spacial score (nSPS) is 15.3. The molecule has 0 aliphatic rings. The van der Waals surface area contributed by atoms with Crippen molar-refractivity contribution in [3.63, 3.8) is 0 Å². The summed E-state index contributed by atoms with van der Waals surface area (Å²) < 4.78 is 17.6. The molecule has 1 unspecified atom stereocenters. The SMILES string of the molecule is CC(=O)OP(=O)(O)OB(O)O. The summed E-state index contributed by atoms with van der Waals surface area (Å²) in [6, 6.07) is 0. The van der Waals surface area contributed by atoms with E-state index in [0.29, 0.717) is 0 Å². The van der Waals surface area contributed by atoms with Gasteiger partial charge in [-0.2, -0.15) is 0 Å². The molecular formula is C2H6BO7P. The number of carbonyl (C=O) groups excluding carboxylic acids is 1. The van der Waals surface area contributed by atoms with Gasteiger partial charge >= 0.3 is 21.1 Å². The molecule has 0 rings (SSSR count). The molecule has 9 heteroatoms. The Morgan fingerprint density at radius 2 is 2.00 bits per heavy atom. The van der Waals surface area contributed by atoms with Crippen LogP contribution in [0.5, 0.6) is 0 Å². The van der Waals surface area contributed by atoms with Crippen molar-refractivity contribution in [2.75, 3.05) is 0 Å². The zero-order valence-corrected chi connectivity index (χ0v) is 6.39. The molecule has 0 heterocycles. The number of hydrogen-bond acceptors (Lipinski definition) is 6. The summed E-state index contributed by atoms with van der Waals surface area (Å²) in [5.41, 5.74) is 0. The van der Waals surface area contributed by atoms with E-state index >= 15 is 0 Å². The number of hydrogen-bond donors (Lipinski definition) is 3.